The maximum absolute atomic E-state index is 4.67. The van der Waals surface area contributed by atoms with Gasteiger partial charge >= 0.3 is 0 Å². The molecule has 0 aliphatic heterocycles. The zero-order valence-corrected chi connectivity index (χ0v) is 15.7. The van der Waals surface area contributed by atoms with Gasteiger partial charge in [0.1, 0.15) is 11.4 Å². The lowest BCUT2D eigenvalue weighted by molar-refractivity contribution is 0.298. The summed E-state index contributed by atoms with van der Waals surface area (Å²) in [6.45, 7) is 17.0. The van der Waals surface area contributed by atoms with Crippen LogP contribution in [0.4, 0.5) is 0 Å². The van der Waals surface area contributed by atoms with E-state index in [9.17, 15) is 0 Å². The first-order valence-electron chi connectivity index (χ1n) is 7.90. The second-order valence-electron chi connectivity index (χ2n) is 6.69. The SMILES string of the molecule is CC(C)c1nonc1C(C)C.CC(C)c1nsnc1C(C)C. The highest BCUT2D eigenvalue weighted by atomic mass is 32.1. The Labute approximate surface area is 137 Å². The lowest BCUT2D eigenvalue weighted by atomic mass is 10.0. The Balaban J connectivity index is 0.000000220. The fraction of sp³-hybridized carbons (Fsp3) is 0.750. The van der Waals surface area contributed by atoms with E-state index in [1.165, 1.54) is 23.1 Å². The first-order chi connectivity index (χ1) is 10.3. The zero-order valence-electron chi connectivity index (χ0n) is 14.9. The van der Waals surface area contributed by atoms with Crippen LogP contribution < -0.4 is 0 Å². The fourth-order valence-corrected chi connectivity index (χ4v) is 2.83. The summed E-state index contributed by atoms with van der Waals surface area (Å²) in [5.74, 6) is 1.81. The Morgan fingerprint density at radius 3 is 1.18 bits per heavy atom. The first-order valence-corrected chi connectivity index (χ1v) is 8.63. The second-order valence-corrected chi connectivity index (χ2v) is 7.22. The van der Waals surface area contributed by atoms with Crippen molar-refractivity contribution in [3.8, 4) is 0 Å². The molecular formula is C16H28N4OS. The molecule has 124 valence electrons. The van der Waals surface area contributed by atoms with Crippen molar-refractivity contribution in [2.45, 2.75) is 79.1 Å². The predicted octanol–water partition coefficient (Wildman–Crippen LogP) is 5.10. The molecule has 2 rings (SSSR count). The summed E-state index contributed by atoms with van der Waals surface area (Å²) >= 11 is 1.32. The highest BCUT2D eigenvalue weighted by Gasteiger charge is 2.15. The van der Waals surface area contributed by atoms with Crippen LogP contribution in [0.25, 0.3) is 0 Å². The van der Waals surface area contributed by atoms with Gasteiger partial charge in [0.2, 0.25) is 0 Å². The summed E-state index contributed by atoms with van der Waals surface area (Å²) in [6.07, 6.45) is 0. The van der Waals surface area contributed by atoms with Crippen molar-refractivity contribution in [3.63, 3.8) is 0 Å². The van der Waals surface area contributed by atoms with Crippen molar-refractivity contribution in [2.24, 2.45) is 0 Å². The van der Waals surface area contributed by atoms with Crippen LogP contribution in [0.5, 0.6) is 0 Å². The first kappa shape index (κ1) is 18.7. The molecule has 0 spiro atoms. The van der Waals surface area contributed by atoms with Crippen LogP contribution in [0.2, 0.25) is 0 Å². The third kappa shape index (κ3) is 4.87. The third-order valence-corrected chi connectivity index (χ3v) is 3.83. The molecule has 0 N–H and O–H groups in total. The summed E-state index contributed by atoms with van der Waals surface area (Å²) in [5, 5.41) is 7.70. The van der Waals surface area contributed by atoms with E-state index in [1.54, 1.807) is 0 Å². The molecule has 0 aromatic carbocycles. The van der Waals surface area contributed by atoms with E-state index in [1.807, 2.05) is 0 Å². The van der Waals surface area contributed by atoms with Crippen molar-refractivity contribution in [2.75, 3.05) is 0 Å². The zero-order chi connectivity index (χ0) is 16.9. The molecule has 6 heteroatoms. The van der Waals surface area contributed by atoms with E-state index in [4.69, 9.17) is 0 Å². The van der Waals surface area contributed by atoms with E-state index in [-0.39, 0.29) is 0 Å². The minimum atomic E-state index is 0.402. The van der Waals surface area contributed by atoms with Gasteiger partial charge < -0.3 is 0 Å². The molecule has 0 aliphatic carbocycles. The summed E-state index contributed by atoms with van der Waals surface area (Å²) < 4.78 is 13.2. The van der Waals surface area contributed by atoms with Crippen LogP contribution >= 0.6 is 11.7 Å². The average Bonchev–Trinajstić information content (AvgIpc) is 3.08. The molecule has 0 saturated carbocycles. The molecule has 2 aromatic rings. The molecule has 0 radical (unpaired) electrons. The van der Waals surface area contributed by atoms with E-state index >= 15 is 0 Å². The lowest BCUT2D eigenvalue weighted by Gasteiger charge is -2.05. The highest BCUT2D eigenvalue weighted by molar-refractivity contribution is 6.99. The van der Waals surface area contributed by atoms with Crippen LogP contribution in [0.15, 0.2) is 4.63 Å². The van der Waals surface area contributed by atoms with Crippen molar-refractivity contribution in [3.05, 3.63) is 22.8 Å². The minimum absolute atomic E-state index is 0.402. The molecule has 22 heavy (non-hydrogen) atoms. The molecule has 0 atom stereocenters. The van der Waals surface area contributed by atoms with Crippen molar-refractivity contribution in [1.29, 1.82) is 0 Å². The Hall–Kier alpha value is -1.30. The van der Waals surface area contributed by atoms with E-state index in [2.05, 4.69) is 79.1 Å². The topological polar surface area (TPSA) is 64.7 Å². The fourth-order valence-electron chi connectivity index (χ4n) is 2.01. The summed E-state index contributed by atoms with van der Waals surface area (Å²) in [5.41, 5.74) is 4.31. The molecule has 0 bridgehead atoms. The van der Waals surface area contributed by atoms with Crippen molar-refractivity contribution in [1.82, 2.24) is 19.1 Å². The van der Waals surface area contributed by atoms with Gasteiger partial charge in [-0.25, -0.2) is 4.63 Å². The predicted molar refractivity (Wildman–Crippen MR) is 90.6 cm³/mol. The third-order valence-electron chi connectivity index (χ3n) is 3.27. The standard InChI is InChI=1S/C8H14N2O.C8H14N2S/c2*1-5(2)7-8(6(3)4)10-11-9-7/h2*5-6H,1-4H3. The maximum atomic E-state index is 4.67. The molecule has 0 aliphatic rings. The quantitative estimate of drug-likeness (QED) is 0.782. The summed E-state index contributed by atoms with van der Waals surface area (Å²) in [6, 6.07) is 0. The van der Waals surface area contributed by atoms with Gasteiger partial charge in [-0.15, -0.1) is 0 Å². The van der Waals surface area contributed by atoms with Gasteiger partial charge in [0, 0.05) is 11.8 Å². The molecular weight excluding hydrogens is 296 g/mol. The molecule has 0 unspecified atom stereocenters. The Morgan fingerprint density at radius 1 is 0.591 bits per heavy atom. The molecule has 0 fully saturated rings. The van der Waals surface area contributed by atoms with E-state index in [0.29, 0.717) is 23.7 Å². The van der Waals surface area contributed by atoms with Crippen LogP contribution in [-0.4, -0.2) is 19.1 Å². The molecule has 0 saturated heterocycles. The van der Waals surface area contributed by atoms with Crippen molar-refractivity contribution < 1.29 is 4.63 Å². The highest BCUT2D eigenvalue weighted by Crippen LogP contribution is 2.23. The van der Waals surface area contributed by atoms with Gasteiger partial charge in [0.15, 0.2) is 0 Å². The summed E-state index contributed by atoms with van der Waals surface area (Å²) in [7, 11) is 0. The van der Waals surface area contributed by atoms with Crippen LogP contribution in [0.3, 0.4) is 0 Å². The van der Waals surface area contributed by atoms with Gasteiger partial charge in [-0.2, -0.15) is 8.75 Å². The van der Waals surface area contributed by atoms with Gasteiger partial charge in [-0.05, 0) is 11.8 Å². The number of hydrogen-bond acceptors (Lipinski definition) is 6. The lowest BCUT2D eigenvalue weighted by Crippen LogP contribution is -1.96. The Morgan fingerprint density at radius 2 is 0.909 bits per heavy atom. The van der Waals surface area contributed by atoms with Crippen molar-refractivity contribution >= 4 is 11.7 Å². The van der Waals surface area contributed by atoms with Crippen LogP contribution in [0.1, 0.15) is 102 Å². The van der Waals surface area contributed by atoms with Gasteiger partial charge in [0.05, 0.1) is 23.1 Å². The molecule has 2 heterocycles. The summed E-state index contributed by atoms with van der Waals surface area (Å²) in [4.78, 5) is 0. The van der Waals surface area contributed by atoms with Gasteiger partial charge in [-0.1, -0.05) is 65.7 Å². The van der Waals surface area contributed by atoms with Gasteiger partial charge in [0.25, 0.3) is 0 Å². The number of nitrogens with zero attached hydrogens (tertiary/aromatic N) is 4. The number of aromatic nitrogens is 4. The van der Waals surface area contributed by atoms with Crippen LogP contribution in [-0.2, 0) is 0 Å². The van der Waals surface area contributed by atoms with Crippen LogP contribution in [0, 0.1) is 0 Å². The molecule has 5 nitrogen and oxygen atoms in total. The second kappa shape index (κ2) is 8.36. The van der Waals surface area contributed by atoms with E-state index < -0.39 is 0 Å². The maximum Gasteiger partial charge on any atom is 0.111 e. The normalized spacial score (nSPS) is 11.5. The Bertz CT molecular complexity index is 463. The largest absolute Gasteiger partial charge is 0.244 e. The molecule has 0 amide bonds. The smallest absolute Gasteiger partial charge is 0.111 e. The number of rotatable bonds is 4. The number of hydrogen-bond donors (Lipinski definition) is 0. The monoisotopic (exact) mass is 324 g/mol. The molecule has 2 aromatic heterocycles. The van der Waals surface area contributed by atoms with Gasteiger partial charge in [-0.3, -0.25) is 0 Å². The minimum Gasteiger partial charge on any atom is -0.244 e. The average molecular weight is 324 g/mol. The Kier molecular flexibility index (Phi) is 7.13. The van der Waals surface area contributed by atoms with E-state index in [0.717, 1.165) is 11.4 Å².